The third-order valence-corrected chi connectivity index (χ3v) is 3.64. The van der Waals surface area contributed by atoms with Crippen LogP contribution in [0.2, 0.25) is 0 Å². The summed E-state index contributed by atoms with van der Waals surface area (Å²) in [6.45, 7) is 3.46. The molecule has 0 radical (unpaired) electrons. The molecule has 1 aliphatic heterocycles. The van der Waals surface area contributed by atoms with Crippen molar-refractivity contribution in [2.24, 2.45) is 0 Å². The molecule has 0 bridgehead atoms. The number of β-amino-alcohol motifs (C(OH)–C–C–N with tert-alkyl or cyclic N) is 1. The van der Waals surface area contributed by atoms with E-state index in [4.69, 9.17) is 13.9 Å². The van der Waals surface area contributed by atoms with Crippen LogP contribution >= 0.6 is 0 Å². The second-order valence-corrected chi connectivity index (χ2v) is 5.44. The van der Waals surface area contributed by atoms with Gasteiger partial charge in [0, 0.05) is 25.2 Å². The Morgan fingerprint density at radius 1 is 1.23 bits per heavy atom. The minimum absolute atomic E-state index is 0.291. The van der Waals surface area contributed by atoms with Gasteiger partial charge in [0.05, 0.1) is 19.0 Å². The number of benzene rings is 1. The lowest BCUT2D eigenvalue weighted by molar-refractivity contribution is 0.00338. The third-order valence-electron chi connectivity index (χ3n) is 3.64. The van der Waals surface area contributed by atoms with Crippen molar-refractivity contribution in [1.29, 1.82) is 0 Å². The summed E-state index contributed by atoms with van der Waals surface area (Å²) < 4.78 is 16.4. The Labute approximate surface area is 130 Å². The maximum absolute atomic E-state index is 10.1. The standard InChI is InChI=1S/C17H21NO4/c19-15(12-20-13-16-5-3-8-21-16)11-18-7-9-22-17-6-2-1-4-14(17)10-18/h1-6,8,15,19H,7,9-13H2. The quantitative estimate of drug-likeness (QED) is 0.885. The monoisotopic (exact) mass is 303 g/mol. The zero-order valence-electron chi connectivity index (χ0n) is 12.5. The summed E-state index contributed by atoms with van der Waals surface area (Å²) in [7, 11) is 0. The Morgan fingerprint density at radius 2 is 2.14 bits per heavy atom. The van der Waals surface area contributed by atoms with E-state index in [1.54, 1.807) is 6.26 Å². The Balaban J connectivity index is 1.46. The van der Waals surface area contributed by atoms with Crippen molar-refractivity contribution in [2.45, 2.75) is 19.3 Å². The number of hydrogen-bond donors (Lipinski definition) is 1. The molecule has 22 heavy (non-hydrogen) atoms. The number of ether oxygens (including phenoxy) is 2. The Morgan fingerprint density at radius 3 is 3.00 bits per heavy atom. The lowest BCUT2D eigenvalue weighted by atomic mass is 10.2. The van der Waals surface area contributed by atoms with E-state index in [1.807, 2.05) is 30.3 Å². The van der Waals surface area contributed by atoms with Gasteiger partial charge < -0.3 is 19.0 Å². The molecule has 1 aliphatic rings. The molecule has 1 aromatic carbocycles. The van der Waals surface area contributed by atoms with Crippen LogP contribution in [0.15, 0.2) is 47.1 Å². The Bertz CT molecular complexity index is 570. The molecule has 3 rings (SSSR count). The molecule has 2 heterocycles. The highest BCUT2D eigenvalue weighted by Gasteiger charge is 2.17. The average molecular weight is 303 g/mol. The number of rotatable bonds is 6. The molecule has 0 spiro atoms. The molecule has 5 heteroatoms. The van der Waals surface area contributed by atoms with Crippen molar-refractivity contribution in [3.8, 4) is 5.75 Å². The molecule has 2 aromatic rings. The molecule has 1 atom stereocenters. The highest BCUT2D eigenvalue weighted by Crippen LogP contribution is 2.22. The summed E-state index contributed by atoms with van der Waals surface area (Å²) in [6.07, 6.45) is 1.09. The molecular formula is C17H21NO4. The van der Waals surface area contributed by atoms with Crippen molar-refractivity contribution in [1.82, 2.24) is 4.90 Å². The number of furan rings is 1. The van der Waals surface area contributed by atoms with E-state index in [0.29, 0.717) is 26.4 Å². The molecular weight excluding hydrogens is 282 g/mol. The fourth-order valence-corrected chi connectivity index (χ4v) is 2.58. The van der Waals surface area contributed by atoms with Gasteiger partial charge in [0.25, 0.3) is 0 Å². The van der Waals surface area contributed by atoms with E-state index in [9.17, 15) is 5.11 Å². The molecule has 118 valence electrons. The van der Waals surface area contributed by atoms with Gasteiger partial charge in [-0.05, 0) is 18.2 Å². The number of hydrogen-bond acceptors (Lipinski definition) is 5. The molecule has 0 amide bonds. The van der Waals surface area contributed by atoms with Crippen LogP contribution < -0.4 is 4.74 Å². The van der Waals surface area contributed by atoms with Crippen molar-refractivity contribution >= 4 is 0 Å². The zero-order chi connectivity index (χ0) is 15.2. The lowest BCUT2D eigenvalue weighted by Gasteiger charge is -2.22. The summed E-state index contributed by atoms with van der Waals surface area (Å²) in [6, 6.07) is 11.7. The van der Waals surface area contributed by atoms with Crippen LogP contribution in [0.4, 0.5) is 0 Å². The minimum atomic E-state index is -0.528. The first-order chi connectivity index (χ1) is 10.8. The van der Waals surface area contributed by atoms with Crippen molar-refractivity contribution < 1.29 is 19.0 Å². The van der Waals surface area contributed by atoms with E-state index in [1.165, 1.54) is 0 Å². The molecule has 0 aliphatic carbocycles. The summed E-state index contributed by atoms with van der Waals surface area (Å²) in [4.78, 5) is 2.19. The molecule has 0 saturated heterocycles. The smallest absolute Gasteiger partial charge is 0.129 e. The van der Waals surface area contributed by atoms with E-state index in [0.717, 1.165) is 30.2 Å². The fourth-order valence-electron chi connectivity index (χ4n) is 2.58. The van der Waals surface area contributed by atoms with Crippen molar-refractivity contribution in [3.05, 3.63) is 54.0 Å². The highest BCUT2D eigenvalue weighted by molar-refractivity contribution is 5.33. The van der Waals surface area contributed by atoms with Gasteiger partial charge in [0.2, 0.25) is 0 Å². The summed E-state index contributed by atoms with van der Waals surface area (Å²) in [5, 5.41) is 10.1. The molecule has 1 N–H and O–H groups in total. The first-order valence-corrected chi connectivity index (χ1v) is 7.52. The van der Waals surface area contributed by atoms with Gasteiger partial charge in [-0.15, -0.1) is 0 Å². The van der Waals surface area contributed by atoms with Crippen LogP contribution in [0.5, 0.6) is 5.75 Å². The predicted molar refractivity (Wildman–Crippen MR) is 81.6 cm³/mol. The van der Waals surface area contributed by atoms with Gasteiger partial charge in [0.1, 0.15) is 24.7 Å². The average Bonchev–Trinajstić information content (AvgIpc) is 2.94. The van der Waals surface area contributed by atoms with E-state index in [-0.39, 0.29) is 0 Å². The molecule has 0 saturated carbocycles. The number of aliphatic hydroxyl groups is 1. The van der Waals surface area contributed by atoms with Gasteiger partial charge >= 0.3 is 0 Å². The van der Waals surface area contributed by atoms with E-state index in [2.05, 4.69) is 11.0 Å². The fraction of sp³-hybridized carbons (Fsp3) is 0.412. The van der Waals surface area contributed by atoms with Crippen LogP contribution in [0.25, 0.3) is 0 Å². The molecule has 5 nitrogen and oxygen atoms in total. The second kappa shape index (κ2) is 7.45. The van der Waals surface area contributed by atoms with Crippen LogP contribution in [0.1, 0.15) is 11.3 Å². The van der Waals surface area contributed by atoms with Gasteiger partial charge in [-0.3, -0.25) is 4.90 Å². The van der Waals surface area contributed by atoms with Gasteiger partial charge in [0.15, 0.2) is 0 Å². The molecule has 1 unspecified atom stereocenters. The predicted octanol–water partition coefficient (Wildman–Crippen LogP) is 2.05. The number of para-hydroxylation sites is 1. The maximum atomic E-state index is 10.1. The molecule has 0 fully saturated rings. The van der Waals surface area contributed by atoms with Crippen LogP contribution in [-0.2, 0) is 17.9 Å². The summed E-state index contributed by atoms with van der Waals surface area (Å²) in [5.41, 5.74) is 1.16. The topological polar surface area (TPSA) is 55.1 Å². The van der Waals surface area contributed by atoms with Crippen LogP contribution in [0, 0.1) is 0 Å². The van der Waals surface area contributed by atoms with Gasteiger partial charge in [-0.1, -0.05) is 18.2 Å². The zero-order valence-corrected chi connectivity index (χ0v) is 12.5. The van der Waals surface area contributed by atoms with Crippen LogP contribution in [-0.4, -0.2) is 42.4 Å². The Kier molecular flexibility index (Phi) is 5.11. The maximum Gasteiger partial charge on any atom is 0.129 e. The Hall–Kier alpha value is -1.82. The largest absolute Gasteiger partial charge is 0.492 e. The van der Waals surface area contributed by atoms with Gasteiger partial charge in [-0.25, -0.2) is 0 Å². The summed E-state index contributed by atoms with van der Waals surface area (Å²) >= 11 is 0. The first-order valence-electron chi connectivity index (χ1n) is 7.52. The number of nitrogens with zero attached hydrogens (tertiary/aromatic N) is 1. The minimum Gasteiger partial charge on any atom is -0.492 e. The summed E-state index contributed by atoms with van der Waals surface area (Å²) in [5.74, 6) is 1.71. The third kappa shape index (κ3) is 4.10. The van der Waals surface area contributed by atoms with E-state index < -0.39 is 6.10 Å². The van der Waals surface area contributed by atoms with Gasteiger partial charge in [-0.2, -0.15) is 0 Å². The number of fused-ring (bicyclic) bond motifs is 1. The second-order valence-electron chi connectivity index (χ2n) is 5.44. The van der Waals surface area contributed by atoms with Crippen LogP contribution in [0.3, 0.4) is 0 Å². The first kappa shape index (κ1) is 15.1. The normalized spacial score (nSPS) is 16.6. The molecule has 1 aromatic heterocycles. The van der Waals surface area contributed by atoms with Crippen molar-refractivity contribution in [2.75, 3.05) is 26.3 Å². The number of aliphatic hydroxyl groups excluding tert-OH is 1. The SMILES string of the molecule is OC(COCc1ccco1)CN1CCOc2ccccc2C1. The lowest BCUT2D eigenvalue weighted by Crippen LogP contribution is -2.35. The van der Waals surface area contributed by atoms with E-state index >= 15 is 0 Å². The van der Waals surface area contributed by atoms with Crippen molar-refractivity contribution in [3.63, 3.8) is 0 Å². The highest BCUT2D eigenvalue weighted by atomic mass is 16.5.